The van der Waals surface area contributed by atoms with Crippen LogP contribution in [-0.4, -0.2) is 17.0 Å². The molecule has 1 aromatic heterocycles. The van der Waals surface area contributed by atoms with Crippen molar-refractivity contribution in [1.82, 2.24) is 15.5 Å². The molecular weight excluding hydrogens is 398 g/mol. The molecule has 1 aliphatic rings. The fraction of sp³-hybridized carbons (Fsp3) is 0.263. The SMILES string of the molecule is CC(C)(NCc1nnc(-c2cccc(Br)c2)o1)c1ccc2c(c1)OCO2. The van der Waals surface area contributed by atoms with Crippen LogP contribution in [0.3, 0.4) is 0 Å². The molecular formula is C19H18BrN3O3. The van der Waals surface area contributed by atoms with E-state index in [0.717, 1.165) is 27.1 Å². The second-order valence-corrected chi connectivity index (χ2v) is 7.47. The van der Waals surface area contributed by atoms with Gasteiger partial charge in [0, 0.05) is 15.6 Å². The maximum absolute atomic E-state index is 5.78. The first-order valence-electron chi connectivity index (χ1n) is 8.25. The van der Waals surface area contributed by atoms with Crippen molar-refractivity contribution in [3.05, 3.63) is 58.4 Å². The van der Waals surface area contributed by atoms with Crippen LogP contribution in [0.1, 0.15) is 25.3 Å². The van der Waals surface area contributed by atoms with E-state index >= 15 is 0 Å². The van der Waals surface area contributed by atoms with Crippen LogP contribution in [0.5, 0.6) is 11.5 Å². The number of rotatable bonds is 5. The zero-order valence-corrected chi connectivity index (χ0v) is 16.0. The molecule has 134 valence electrons. The Balaban J connectivity index is 1.46. The minimum Gasteiger partial charge on any atom is -0.454 e. The first-order valence-corrected chi connectivity index (χ1v) is 9.04. The number of fused-ring (bicyclic) bond motifs is 1. The summed E-state index contributed by atoms with van der Waals surface area (Å²) < 4.78 is 17.6. The zero-order valence-electron chi connectivity index (χ0n) is 14.5. The molecule has 2 heterocycles. The van der Waals surface area contributed by atoms with Crippen LogP contribution in [0, 0.1) is 0 Å². The van der Waals surface area contributed by atoms with Crippen molar-refractivity contribution in [2.24, 2.45) is 0 Å². The van der Waals surface area contributed by atoms with Gasteiger partial charge in [-0.25, -0.2) is 0 Å². The number of benzene rings is 2. The average molecular weight is 416 g/mol. The van der Waals surface area contributed by atoms with Crippen molar-refractivity contribution in [3.63, 3.8) is 0 Å². The van der Waals surface area contributed by atoms with Crippen molar-refractivity contribution < 1.29 is 13.9 Å². The fourth-order valence-electron chi connectivity index (χ4n) is 2.75. The summed E-state index contributed by atoms with van der Waals surface area (Å²) in [6, 6.07) is 13.7. The second kappa shape index (κ2) is 6.74. The second-order valence-electron chi connectivity index (χ2n) is 6.56. The number of hydrogen-bond donors (Lipinski definition) is 1. The quantitative estimate of drug-likeness (QED) is 0.671. The standard InChI is InChI=1S/C19H18BrN3O3/c1-19(2,13-6-7-15-16(9-13)25-11-24-15)21-10-17-22-23-18(26-17)12-4-3-5-14(20)8-12/h3-9,21H,10-11H2,1-2H3. The van der Waals surface area contributed by atoms with Crippen molar-refractivity contribution in [2.75, 3.05) is 6.79 Å². The Labute approximate surface area is 159 Å². The summed E-state index contributed by atoms with van der Waals surface area (Å²) in [6.07, 6.45) is 0. The summed E-state index contributed by atoms with van der Waals surface area (Å²) in [5, 5.41) is 11.7. The van der Waals surface area contributed by atoms with Gasteiger partial charge in [0.1, 0.15) is 0 Å². The highest BCUT2D eigenvalue weighted by molar-refractivity contribution is 9.10. The molecule has 26 heavy (non-hydrogen) atoms. The third kappa shape index (κ3) is 3.45. The van der Waals surface area contributed by atoms with E-state index in [1.807, 2.05) is 42.5 Å². The summed E-state index contributed by atoms with van der Waals surface area (Å²) in [5.74, 6) is 2.59. The molecule has 0 saturated heterocycles. The third-order valence-corrected chi connectivity index (χ3v) is 4.81. The van der Waals surface area contributed by atoms with Crippen molar-refractivity contribution in [2.45, 2.75) is 25.9 Å². The van der Waals surface area contributed by atoms with Crippen LogP contribution in [0.2, 0.25) is 0 Å². The van der Waals surface area contributed by atoms with E-state index < -0.39 is 0 Å². The lowest BCUT2D eigenvalue weighted by molar-refractivity contribution is 0.174. The molecule has 7 heteroatoms. The molecule has 0 spiro atoms. The van der Waals surface area contributed by atoms with Crippen LogP contribution < -0.4 is 14.8 Å². The number of nitrogens with zero attached hydrogens (tertiary/aromatic N) is 2. The molecule has 0 bridgehead atoms. The third-order valence-electron chi connectivity index (χ3n) is 4.31. The van der Waals surface area contributed by atoms with Gasteiger partial charge in [-0.1, -0.05) is 28.1 Å². The highest BCUT2D eigenvalue weighted by Gasteiger charge is 2.24. The number of nitrogens with one attached hydrogen (secondary N) is 1. The van der Waals surface area contributed by atoms with Crippen LogP contribution in [0.25, 0.3) is 11.5 Å². The highest BCUT2D eigenvalue weighted by atomic mass is 79.9. The average Bonchev–Trinajstić information content (AvgIpc) is 3.28. The lowest BCUT2D eigenvalue weighted by Gasteiger charge is -2.26. The summed E-state index contributed by atoms with van der Waals surface area (Å²) >= 11 is 3.45. The molecule has 0 unspecified atom stereocenters. The van der Waals surface area contributed by atoms with Gasteiger partial charge in [0.25, 0.3) is 0 Å². The molecule has 0 atom stereocenters. The summed E-state index contributed by atoms with van der Waals surface area (Å²) in [4.78, 5) is 0. The van der Waals surface area contributed by atoms with E-state index in [2.05, 4.69) is 45.3 Å². The topological polar surface area (TPSA) is 69.4 Å². The zero-order chi connectivity index (χ0) is 18.1. The molecule has 0 amide bonds. The van der Waals surface area contributed by atoms with Gasteiger partial charge in [-0.2, -0.15) is 0 Å². The Morgan fingerprint density at radius 3 is 2.77 bits per heavy atom. The monoisotopic (exact) mass is 415 g/mol. The molecule has 0 fully saturated rings. The van der Waals surface area contributed by atoms with E-state index in [9.17, 15) is 0 Å². The number of aromatic nitrogens is 2. The van der Waals surface area contributed by atoms with Crippen LogP contribution >= 0.6 is 15.9 Å². The first-order chi connectivity index (χ1) is 12.5. The molecule has 2 aromatic carbocycles. The Morgan fingerprint density at radius 1 is 1.08 bits per heavy atom. The minimum absolute atomic E-state index is 0.271. The van der Waals surface area contributed by atoms with Crippen molar-refractivity contribution in [3.8, 4) is 23.0 Å². The highest BCUT2D eigenvalue weighted by Crippen LogP contribution is 2.35. The molecule has 6 nitrogen and oxygen atoms in total. The van der Waals surface area contributed by atoms with Crippen LogP contribution in [0.4, 0.5) is 0 Å². The van der Waals surface area contributed by atoms with Crippen molar-refractivity contribution >= 4 is 15.9 Å². The molecule has 0 aliphatic carbocycles. The van der Waals surface area contributed by atoms with Gasteiger partial charge in [0.05, 0.1) is 6.54 Å². The smallest absolute Gasteiger partial charge is 0.247 e. The summed E-state index contributed by atoms with van der Waals surface area (Å²) in [5.41, 5.74) is 1.67. The van der Waals surface area contributed by atoms with E-state index in [-0.39, 0.29) is 12.3 Å². The maximum atomic E-state index is 5.78. The molecule has 4 rings (SSSR count). The van der Waals surface area contributed by atoms with E-state index in [1.165, 1.54) is 0 Å². The Bertz CT molecular complexity index is 939. The summed E-state index contributed by atoms with van der Waals surface area (Å²) in [6.45, 7) is 4.92. The van der Waals surface area contributed by atoms with Gasteiger partial charge < -0.3 is 13.9 Å². The van der Waals surface area contributed by atoms with E-state index in [4.69, 9.17) is 13.9 Å². The predicted molar refractivity (Wildman–Crippen MR) is 99.9 cm³/mol. The van der Waals surface area contributed by atoms with Gasteiger partial charge in [-0.15, -0.1) is 10.2 Å². The summed E-state index contributed by atoms with van der Waals surface area (Å²) in [7, 11) is 0. The molecule has 3 aromatic rings. The van der Waals surface area contributed by atoms with Crippen molar-refractivity contribution in [1.29, 1.82) is 0 Å². The predicted octanol–water partition coefficient (Wildman–Crippen LogP) is 4.25. The molecule has 1 aliphatic heterocycles. The van der Waals surface area contributed by atoms with Crippen LogP contribution in [-0.2, 0) is 12.1 Å². The molecule has 0 saturated carbocycles. The molecule has 0 radical (unpaired) electrons. The number of halogens is 1. The Hall–Kier alpha value is -2.38. The molecule has 1 N–H and O–H groups in total. The lowest BCUT2D eigenvalue weighted by Crippen LogP contribution is -2.36. The van der Waals surface area contributed by atoms with Gasteiger partial charge in [-0.05, 0) is 49.7 Å². The van der Waals surface area contributed by atoms with Crippen LogP contribution in [0.15, 0.2) is 51.4 Å². The first kappa shape index (κ1) is 17.1. The largest absolute Gasteiger partial charge is 0.454 e. The Kier molecular flexibility index (Phi) is 4.42. The van der Waals surface area contributed by atoms with Gasteiger partial charge >= 0.3 is 0 Å². The van der Waals surface area contributed by atoms with E-state index in [0.29, 0.717) is 18.3 Å². The van der Waals surface area contributed by atoms with E-state index in [1.54, 1.807) is 0 Å². The minimum atomic E-state index is -0.300. The van der Waals surface area contributed by atoms with Gasteiger partial charge in [0.15, 0.2) is 11.5 Å². The number of hydrogen-bond acceptors (Lipinski definition) is 6. The maximum Gasteiger partial charge on any atom is 0.247 e. The normalized spacial score (nSPS) is 13.2. The lowest BCUT2D eigenvalue weighted by atomic mass is 9.94. The fourth-order valence-corrected chi connectivity index (χ4v) is 3.15. The van der Waals surface area contributed by atoms with Gasteiger partial charge in [-0.3, -0.25) is 5.32 Å². The van der Waals surface area contributed by atoms with Gasteiger partial charge in [0.2, 0.25) is 18.6 Å². The number of ether oxygens (including phenoxy) is 2. The Morgan fingerprint density at radius 2 is 1.92 bits per heavy atom.